The van der Waals surface area contributed by atoms with Crippen molar-refractivity contribution in [3.63, 3.8) is 0 Å². The smallest absolute Gasteiger partial charge is 0.376 e. The van der Waals surface area contributed by atoms with E-state index >= 15 is 0 Å². The SMILES string of the molecule is O=S(=O)(Oc1ccc(-c2cc3nccnc3[nH]2)cc1)C(F)(F)F. The summed E-state index contributed by atoms with van der Waals surface area (Å²) in [7, 11) is -5.68. The number of halogens is 3. The van der Waals surface area contributed by atoms with Crippen molar-refractivity contribution in [1.82, 2.24) is 15.0 Å². The van der Waals surface area contributed by atoms with Gasteiger partial charge in [0.1, 0.15) is 11.3 Å². The van der Waals surface area contributed by atoms with Gasteiger partial charge in [0.05, 0.1) is 0 Å². The fourth-order valence-corrected chi connectivity index (χ4v) is 2.33. The van der Waals surface area contributed by atoms with Gasteiger partial charge in [-0.25, -0.2) is 4.98 Å². The Balaban J connectivity index is 1.88. The zero-order valence-electron chi connectivity index (χ0n) is 11.2. The maximum absolute atomic E-state index is 12.2. The first-order valence-electron chi connectivity index (χ1n) is 6.17. The maximum Gasteiger partial charge on any atom is 0.534 e. The molecular weight excluding hydrogens is 335 g/mol. The minimum absolute atomic E-state index is 0.432. The molecule has 0 atom stereocenters. The standard InChI is InChI=1S/C13H8F3N3O3S/c14-13(15,16)23(20,21)22-9-3-1-8(2-4-9)10-7-11-12(19-10)18-6-5-17-11/h1-7H,(H,18,19). The third-order valence-electron chi connectivity index (χ3n) is 2.92. The van der Waals surface area contributed by atoms with Gasteiger partial charge < -0.3 is 9.17 Å². The third kappa shape index (κ3) is 2.97. The molecule has 120 valence electrons. The van der Waals surface area contributed by atoms with Crippen LogP contribution in [0, 0.1) is 0 Å². The molecule has 23 heavy (non-hydrogen) atoms. The van der Waals surface area contributed by atoms with E-state index in [-0.39, 0.29) is 0 Å². The van der Waals surface area contributed by atoms with Crippen LogP contribution in [0.25, 0.3) is 22.4 Å². The van der Waals surface area contributed by atoms with E-state index in [0.717, 1.165) is 12.1 Å². The summed E-state index contributed by atoms with van der Waals surface area (Å²) >= 11 is 0. The monoisotopic (exact) mass is 343 g/mol. The molecule has 3 aromatic rings. The Morgan fingerprint density at radius 2 is 1.70 bits per heavy atom. The molecule has 0 amide bonds. The number of hydrogen-bond donors (Lipinski definition) is 1. The molecule has 0 radical (unpaired) electrons. The molecule has 0 unspecified atom stereocenters. The van der Waals surface area contributed by atoms with Crippen molar-refractivity contribution in [3.05, 3.63) is 42.7 Å². The lowest BCUT2D eigenvalue weighted by molar-refractivity contribution is -0.0500. The second-order valence-corrected chi connectivity index (χ2v) is 6.02. The zero-order chi connectivity index (χ0) is 16.7. The summed E-state index contributed by atoms with van der Waals surface area (Å²) in [6.07, 6.45) is 3.04. The quantitative estimate of drug-likeness (QED) is 0.584. The Kier molecular flexibility index (Phi) is 3.48. The fourth-order valence-electron chi connectivity index (χ4n) is 1.87. The van der Waals surface area contributed by atoms with E-state index in [1.54, 1.807) is 6.07 Å². The Hall–Kier alpha value is -2.62. The molecule has 0 spiro atoms. The summed E-state index contributed by atoms with van der Waals surface area (Å²) in [6.45, 7) is 0. The topological polar surface area (TPSA) is 84.9 Å². The zero-order valence-corrected chi connectivity index (χ0v) is 12.0. The van der Waals surface area contributed by atoms with Crippen molar-refractivity contribution < 1.29 is 25.8 Å². The van der Waals surface area contributed by atoms with Gasteiger partial charge in [-0.2, -0.15) is 21.6 Å². The number of hydrogen-bond acceptors (Lipinski definition) is 5. The molecule has 0 bridgehead atoms. The van der Waals surface area contributed by atoms with Crippen LogP contribution in [0.4, 0.5) is 13.2 Å². The highest BCUT2D eigenvalue weighted by Crippen LogP contribution is 2.29. The van der Waals surface area contributed by atoms with Crippen molar-refractivity contribution >= 4 is 21.3 Å². The third-order valence-corrected chi connectivity index (χ3v) is 3.89. The summed E-state index contributed by atoms with van der Waals surface area (Å²) in [6, 6.07) is 6.82. The van der Waals surface area contributed by atoms with E-state index in [1.165, 1.54) is 24.5 Å². The van der Waals surface area contributed by atoms with Gasteiger partial charge in [0.15, 0.2) is 5.65 Å². The number of nitrogens with zero attached hydrogens (tertiary/aromatic N) is 2. The van der Waals surface area contributed by atoms with Crippen LogP contribution < -0.4 is 4.18 Å². The van der Waals surface area contributed by atoms with Crippen LogP contribution in [0.3, 0.4) is 0 Å². The van der Waals surface area contributed by atoms with Crippen molar-refractivity contribution in [2.75, 3.05) is 0 Å². The molecule has 0 saturated carbocycles. The van der Waals surface area contributed by atoms with Crippen molar-refractivity contribution in [2.24, 2.45) is 0 Å². The first-order chi connectivity index (χ1) is 10.8. The van der Waals surface area contributed by atoms with Crippen LogP contribution in [0.1, 0.15) is 0 Å². The number of H-pyrrole nitrogens is 1. The summed E-state index contributed by atoms with van der Waals surface area (Å²) in [5, 5.41) is 0. The number of fused-ring (bicyclic) bond motifs is 1. The molecule has 2 aromatic heterocycles. The summed E-state index contributed by atoms with van der Waals surface area (Å²) in [4.78, 5) is 11.2. The average Bonchev–Trinajstić information content (AvgIpc) is 2.90. The number of benzene rings is 1. The normalized spacial score (nSPS) is 12.5. The molecule has 0 fully saturated rings. The van der Waals surface area contributed by atoms with Gasteiger partial charge in [-0.1, -0.05) is 0 Å². The van der Waals surface area contributed by atoms with E-state index in [9.17, 15) is 21.6 Å². The van der Waals surface area contributed by atoms with Gasteiger partial charge in [0.2, 0.25) is 0 Å². The molecule has 0 aliphatic heterocycles. The molecule has 0 aliphatic carbocycles. The lowest BCUT2D eigenvalue weighted by Gasteiger charge is -2.09. The summed E-state index contributed by atoms with van der Waals surface area (Å²) in [5.41, 5.74) is -3.04. The fraction of sp³-hybridized carbons (Fsp3) is 0.0769. The second-order valence-electron chi connectivity index (χ2n) is 4.48. The Morgan fingerprint density at radius 3 is 2.30 bits per heavy atom. The van der Waals surface area contributed by atoms with Gasteiger partial charge >= 0.3 is 15.6 Å². The summed E-state index contributed by atoms with van der Waals surface area (Å²) < 4.78 is 62.6. The minimum Gasteiger partial charge on any atom is -0.376 e. The summed E-state index contributed by atoms with van der Waals surface area (Å²) in [5.74, 6) is -0.432. The van der Waals surface area contributed by atoms with Gasteiger partial charge in [-0.3, -0.25) is 4.98 Å². The lowest BCUT2D eigenvalue weighted by Crippen LogP contribution is -2.28. The predicted octanol–water partition coefficient (Wildman–Crippen LogP) is 2.85. The van der Waals surface area contributed by atoms with Crippen LogP contribution in [-0.2, 0) is 10.1 Å². The van der Waals surface area contributed by atoms with Gasteiger partial charge in [0, 0.05) is 18.1 Å². The van der Waals surface area contributed by atoms with Crippen LogP contribution in [0.2, 0.25) is 0 Å². The highest BCUT2D eigenvalue weighted by Gasteiger charge is 2.48. The average molecular weight is 343 g/mol. The molecule has 0 aliphatic rings. The minimum atomic E-state index is -5.68. The molecule has 1 aromatic carbocycles. The van der Waals surface area contributed by atoms with Gasteiger partial charge in [0.25, 0.3) is 0 Å². The Bertz CT molecular complexity index is 917. The lowest BCUT2D eigenvalue weighted by atomic mass is 10.1. The first kappa shape index (κ1) is 15.3. The number of nitrogens with one attached hydrogen (secondary N) is 1. The largest absolute Gasteiger partial charge is 0.534 e. The number of aromatic nitrogens is 3. The Labute approximate surface area is 128 Å². The van der Waals surface area contributed by atoms with E-state index < -0.39 is 21.4 Å². The number of rotatable bonds is 3. The highest BCUT2D eigenvalue weighted by molar-refractivity contribution is 7.88. The van der Waals surface area contributed by atoms with Crippen molar-refractivity contribution in [1.29, 1.82) is 0 Å². The Morgan fingerprint density at radius 1 is 1.04 bits per heavy atom. The van der Waals surface area contributed by atoms with E-state index in [2.05, 4.69) is 19.1 Å². The highest BCUT2D eigenvalue weighted by atomic mass is 32.2. The van der Waals surface area contributed by atoms with E-state index in [1.807, 2.05) is 0 Å². The molecule has 2 heterocycles. The van der Waals surface area contributed by atoms with E-state index in [4.69, 9.17) is 0 Å². The molecule has 10 heteroatoms. The van der Waals surface area contributed by atoms with Gasteiger partial charge in [-0.15, -0.1) is 0 Å². The van der Waals surface area contributed by atoms with Crippen LogP contribution >= 0.6 is 0 Å². The van der Waals surface area contributed by atoms with Crippen molar-refractivity contribution in [2.45, 2.75) is 5.51 Å². The molecule has 6 nitrogen and oxygen atoms in total. The molecule has 1 N–H and O–H groups in total. The number of alkyl halides is 3. The van der Waals surface area contributed by atoms with Gasteiger partial charge in [-0.05, 0) is 35.9 Å². The second kappa shape index (κ2) is 5.23. The molecular formula is C13H8F3N3O3S. The van der Waals surface area contributed by atoms with Crippen LogP contribution in [-0.4, -0.2) is 28.9 Å². The number of aromatic amines is 1. The maximum atomic E-state index is 12.2. The van der Waals surface area contributed by atoms with Crippen LogP contribution in [0.15, 0.2) is 42.7 Å². The van der Waals surface area contributed by atoms with E-state index in [0.29, 0.717) is 22.4 Å². The van der Waals surface area contributed by atoms with Crippen molar-refractivity contribution in [3.8, 4) is 17.0 Å². The molecule has 0 saturated heterocycles. The first-order valence-corrected chi connectivity index (χ1v) is 7.58. The predicted molar refractivity (Wildman–Crippen MR) is 74.9 cm³/mol. The van der Waals surface area contributed by atoms with Crippen LogP contribution in [0.5, 0.6) is 5.75 Å². The molecule has 3 rings (SSSR count).